The summed E-state index contributed by atoms with van der Waals surface area (Å²) in [6.45, 7) is 1.27. The van der Waals surface area contributed by atoms with Gasteiger partial charge in [0.15, 0.2) is 0 Å². The lowest BCUT2D eigenvalue weighted by Gasteiger charge is -2.20. The number of fused-ring (bicyclic) bond motifs is 1. The molecule has 3 aromatic rings. The van der Waals surface area contributed by atoms with Crippen molar-refractivity contribution in [2.24, 2.45) is 0 Å². The Bertz CT molecular complexity index is 946. The zero-order valence-corrected chi connectivity index (χ0v) is 15.1. The molecular formula is C21H19FN2OS. The molecule has 4 rings (SSSR count). The number of thioether (sulfide) groups is 1. The Morgan fingerprint density at radius 1 is 1.04 bits per heavy atom. The van der Waals surface area contributed by atoms with E-state index in [4.69, 9.17) is 0 Å². The Labute approximate surface area is 156 Å². The first-order valence-corrected chi connectivity index (χ1v) is 9.78. The lowest BCUT2D eigenvalue weighted by molar-refractivity contribution is 0.0761. The van der Waals surface area contributed by atoms with Crippen LogP contribution in [0.4, 0.5) is 4.39 Å². The van der Waals surface area contributed by atoms with E-state index >= 15 is 0 Å². The Morgan fingerprint density at radius 3 is 2.73 bits per heavy atom. The Hall–Kier alpha value is -2.40. The van der Waals surface area contributed by atoms with Crippen molar-refractivity contribution in [3.8, 4) is 0 Å². The summed E-state index contributed by atoms with van der Waals surface area (Å²) in [6, 6.07) is 18.4. The third kappa shape index (κ3) is 3.44. The van der Waals surface area contributed by atoms with Crippen molar-refractivity contribution in [1.29, 1.82) is 0 Å². The maximum Gasteiger partial charge on any atom is 0.272 e. The van der Waals surface area contributed by atoms with Gasteiger partial charge in [0.2, 0.25) is 0 Å². The molecule has 1 atom stereocenters. The smallest absolute Gasteiger partial charge is 0.272 e. The van der Waals surface area contributed by atoms with E-state index in [-0.39, 0.29) is 17.0 Å². The molecule has 1 fully saturated rings. The molecule has 0 saturated carbocycles. The van der Waals surface area contributed by atoms with E-state index in [0.29, 0.717) is 18.8 Å². The third-order valence-corrected chi connectivity index (χ3v) is 6.01. The van der Waals surface area contributed by atoms with Gasteiger partial charge < -0.3 is 4.90 Å². The molecule has 132 valence electrons. The molecule has 0 aliphatic carbocycles. The SMILES string of the molecule is O=C(c1ccc2ccccc2n1)N1CCSC(c2ccccc2F)CC1. The van der Waals surface area contributed by atoms with Crippen LogP contribution in [0, 0.1) is 5.82 Å². The van der Waals surface area contributed by atoms with Gasteiger partial charge in [-0.25, -0.2) is 9.37 Å². The lowest BCUT2D eigenvalue weighted by Crippen LogP contribution is -2.33. The van der Waals surface area contributed by atoms with Crippen LogP contribution in [0.15, 0.2) is 60.7 Å². The van der Waals surface area contributed by atoms with Gasteiger partial charge in [-0.05, 0) is 24.6 Å². The van der Waals surface area contributed by atoms with Gasteiger partial charge >= 0.3 is 0 Å². The molecule has 2 heterocycles. The molecule has 0 radical (unpaired) electrons. The molecule has 1 aliphatic heterocycles. The summed E-state index contributed by atoms with van der Waals surface area (Å²) in [7, 11) is 0. The van der Waals surface area contributed by atoms with Crippen molar-refractivity contribution >= 4 is 28.6 Å². The topological polar surface area (TPSA) is 33.2 Å². The van der Waals surface area contributed by atoms with E-state index in [1.165, 1.54) is 6.07 Å². The van der Waals surface area contributed by atoms with Crippen molar-refractivity contribution in [2.75, 3.05) is 18.8 Å². The number of hydrogen-bond acceptors (Lipinski definition) is 3. The van der Waals surface area contributed by atoms with Crippen molar-refractivity contribution in [1.82, 2.24) is 9.88 Å². The minimum Gasteiger partial charge on any atom is -0.336 e. The molecule has 26 heavy (non-hydrogen) atoms. The third-order valence-electron chi connectivity index (χ3n) is 4.70. The van der Waals surface area contributed by atoms with Gasteiger partial charge in [0.05, 0.1) is 5.52 Å². The van der Waals surface area contributed by atoms with E-state index in [9.17, 15) is 9.18 Å². The number of nitrogens with zero attached hydrogens (tertiary/aromatic N) is 2. The van der Waals surface area contributed by atoms with Crippen LogP contribution < -0.4 is 0 Å². The van der Waals surface area contributed by atoms with Gasteiger partial charge in [0.25, 0.3) is 5.91 Å². The number of rotatable bonds is 2. The summed E-state index contributed by atoms with van der Waals surface area (Å²) >= 11 is 1.72. The second-order valence-electron chi connectivity index (χ2n) is 6.35. The zero-order valence-electron chi connectivity index (χ0n) is 14.3. The maximum absolute atomic E-state index is 14.1. The van der Waals surface area contributed by atoms with E-state index in [2.05, 4.69) is 4.98 Å². The van der Waals surface area contributed by atoms with E-state index < -0.39 is 0 Å². The van der Waals surface area contributed by atoms with Crippen molar-refractivity contribution in [3.63, 3.8) is 0 Å². The maximum atomic E-state index is 14.1. The highest BCUT2D eigenvalue weighted by Crippen LogP contribution is 2.35. The van der Waals surface area contributed by atoms with Crippen LogP contribution in [0.3, 0.4) is 0 Å². The molecule has 5 heteroatoms. The molecule has 3 nitrogen and oxygen atoms in total. The number of halogens is 1. The molecule has 1 unspecified atom stereocenters. The van der Waals surface area contributed by atoms with Crippen LogP contribution in [-0.4, -0.2) is 34.6 Å². The monoisotopic (exact) mass is 366 g/mol. The summed E-state index contributed by atoms with van der Waals surface area (Å²) in [4.78, 5) is 19.2. The van der Waals surface area contributed by atoms with Crippen LogP contribution in [-0.2, 0) is 0 Å². The largest absolute Gasteiger partial charge is 0.336 e. The van der Waals surface area contributed by atoms with E-state index in [1.807, 2.05) is 47.4 Å². The number of carbonyl (C=O) groups is 1. The fraction of sp³-hybridized carbons (Fsp3) is 0.238. The second-order valence-corrected chi connectivity index (χ2v) is 7.66. The fourth-order valence-electron chi connectivity index (χ4n) is 3.31. The van der Waals surface area contributed by atoms with Crippen molar-refractivity contribution in [3.05, 3.63) is 77.7 Å². The highest BCUT2D eigenvalue weighted by Gasteiger charge is 2.25. The number of aromatic nitrogens is 1. The standard InChI is InChI=1S/C21H19FN2OS/c22-17-7-3-2-6-16(17)20-11-12-24(13-14-26-20)21(25)19-10-9-15-5-1-4-8-18(15)23-19/h1-10,20H,11-14H2. The molecular weight excluding hydrogens is 347 g/mol. The van der Waals surface area contributed by atoms with Crippen molar-refractivity contribution in [2.45, 2.75) is 11.7 Å². The predicted octanol–water partition coefficient (Wildman–Crippen LogP) is 4.69. The average molecular weight is 366 g/mol. The number of benzene rings is 2. The summed E-state index contributed by atoms with van der Waals surface area (Å²) < 4.78 is 14.1. The molecule has 1 saturated heterocycles. The van der Waals surface area contributed by atoms with Gasteiger partial charge in [-0.15, -0.1) is 0 Å². The van der Waals surface area contributed by atoms with Crippen LogP contribution in [0.1, 0.15) is 27.7 Å². The molecule has 1 aliphatic rings. The number of pyridine rings is 1. The van der Waals surface area contributed by atoms with E-state index in [0.717, 1.165) is 28.6 Å². The highest BCUT2D eigenvalue weighted by atomic mass is 32.2. The number of hydrogen-bond donors (Lipinski definition) is 0. The van der Waals surface area contributed by atoms with Crippen LogP contribution in [0.25, 0.3) is 10.9 Å². The molecule has 1 aromatic heterocycles. The number of carbonyl (C=O) groups excluding carboxylic acids is 1. The van der Waals surface area contributed by atoms with Gasteiger partial charge in [-0.3, -0.25) is 4.79 Å². The normalized spacial score (nSPS) is 17.9. The Morgan fingerprint density at radius 2 is 1.85 bits per heavy atom. The summed E-state index contributed by atoms with van der Waals surface area (Å²) in [5, 5.41) is 1.11. The number of amides is 1. The zero-order chi connectivity index (χ0) is 17.9. The van der Waals surface area contributed by atoms with Gasteiger partial charge in [0, 0.05) is 35.0 Å². The molecule has 2 aromatic carbocycles. The highest BCUT2D eigenvalue weighted by molar-refractivity contribution is 7.99. The lowest BCUT2D eigenvalue weighted by atomic mass is 10.1. The van der Waals surface area contributed by atoms with E-state index in [1.54, 1.807) is 23.9 Å². The van der Waals surface area contributed by atoms with Crippen molar-refractivity contribution < 1.29 is 9.18 Å². The fourth-order valence-corrected chi connectivity index (χ4v) is 4.56. The first-order valence-electron chi connectivity index (χ1n) is 8.73. The predicted molar refractivity (Wildman–Crippen MR) is 104 cm³/mol. The molecule has 0 N–H and O–H groups in total. The van der Waals surface area contributed by atoms with Gasteiger partial charge in [-0.2, -0.15) is 11.8 Å². The summed E-state index contributed by atoms with van der Waals surface area (Å²) in [5.41, 5.74) is 2.03. The quantitative estimate of drug-likeness (QED) is 0.659. The van der Waals surface area contributed by atoms with Gasteiger partial charge in [-0.1, -0.05) is 42.5 Å². The first-order chi connectivity index (χ1) is 12.7. The number of para-hydroxylation sites is 1. The van der Waals surface area contributed by atoms with Crippen LogP contribution >= 0.6 is 11.8 Å². The minimum atomic E-state index is -0.166. The Balaban J connectivity index is 1.51. The second kappa shape index (κ2) is 7.46. The Kier molecular flexibility index (Phi) is 4.89. The van der Waals surface area contributed by atoms with Crippen LogP contribution in [0.5, 0.6) is 0 Å². The van der Waals surface area contributed by atoms with Gasteiger partial charge in [0.1, 0.15) is 11.5 Å². The average Bonchev–Trinajstić information content (AvgIpc) is 2.93. The van der Waals surface area contributed by atoms with Crippen LogP contribution in [0.2, 0.25) is 0 Å². The first kappa shape index (κ1) is 17.0. The molecule has 0 bridgehead atoms. The summed E-state index contributed by atoms with van der Waals surface area (Å²) in [5.74, 6) is 0.574. The molecule has 0 spiro atoms. The molecule has 1 amide bonds. The minimum absolute atomic E-state index is 0.0504. The summed E-state index contributed by atoms with van der Waals surface area (Å²) in [6.07, 6.45) is 0.741.